The molecule has 0 aromatic heterocycles. The fourth-order valence-corrected chi connectivity index (χ4v) is 1.60. The lowest BCUT2D eigenvalue weighted by molar-refractivity contribution is 0.0953. The number of thiol groups is 1. The number of benzene rings is 1. The van der Waals surface area contributed by atoms with Crippen LogP contribution in [0.5, 0.6) is 5.75 Å². The number of rotatable bonds is 5. The lowest BCUT2D eigenvalue weighted by Crippen LogP contribution is -2.25. The van der Waals surface area contributed by atoms with Gasteiger partial charge in [0, 0.05) is 22.9 Å². The predicted octanol–water partition coefficient (Wildman–Crippen LogP) is 3.26. The van der Waals surface area contributed by atoms with E-state index in [1.54, 1.807) is 0 Å². The molecule has 1 aromatic carbocycles. The third-order valence-corrected chi connectivity index (χ3v) is 2.80. The molecule has 0 heterocycles. The first-order chi connectivity index (χ1) is 8.19. The third-order valence-electron chi connectivity index (χ3n) is 1.87. The van der Waals surface area contributed by atoms with Crippen LogP contribution >= 0.6 is 46.4 Å². The zero-order valence-electron chi connectivity index (χ0n) is 9.11. The number of phenolic OH excluding ortho intramolecular Hbond substituents is 1. The fraction of sp³-hybridized carbons (Fsp3) is 0.222. The second kappa shape index (κ2) is 9.20. The lowest BCUT2D eigenvalue weighted by Gasteiger charge is -2.06. The molecule has 1 rings (SSSR count). The number of carbonyl (C=O) groups excluding carboxylic acids is 1. The number of amides is 1. The van der Waals surface area contributed by atoms with Gasteiger partial charge in [-0.25, -0.2) is 0 Å². The molecule has 0 fully saturated rings. The minimum absolute atomic E-state index is 0. The van der Waals surface area contributed by atoms with Crippen molar-refractivity contribution in [2.75, 3.05) is 12.3 Å². The Morgan fingerprint density at radius 1 is 1.61 bits per heavy atom. The van der Waals surface area contributed by atoms with Crippen molar-refractivity contribution in [3.05, 3.63) is 34.2 Å². The second-order valence-electron chi connectivity index (χ2n) is 2.98. The molecule has 0 unspecified atom stereocenters. The van der Waals surface area contributed by atoms with Crippen LogP contribution in [0.15, 0.2) is 23.3 Å². The minimum Gasteiger partial charge on any atom is -0.507 e. The number of hydrogen-bond acceptors (Lipinski definition) is 5. The molecule has 0 saturated carbocycles. The highest BCUT2D eigenvalue weighted by Crippen LogP contribution is 2.23. The summed E-state index contributed by atoms with van der Waals surface area (Å²) in [6, 6.07) is 4.10. The van der Waals surface area contributed by atoms with Gasteiger partial charge in [0.2, 0.25) is 0 Å². The molecule has 9 heteroatoms. The molecule has 6 nitrogen and oxygen atoms in total. The number of halogens is 1. The first kappa shape index (κ1) is 17.2. The van der Waals surface area contributed by atoms with Gasteiger partial charge in [-0.2, -0.15) is 0 Å². The highest BCUT2D eigenvalue weighted by atomic mass is 127. The monoisotopic (exact) mass is 398 g/mol. The smallest absolute Gasteiger partial charge is 0.255 e. The van der Waals surface area contributed by atoms with E-state index in [-0.39, 0.29) is 46.9 Å². The maximum absolute atomic E-state index is 11.6. The van der Waals surface area contributed by atoms with E-state index in [0.717, 1.165) is 0 Å². The van der Waals surface area contributed by atoms with Crippen LogP contribution in [0.4, 0.5) is 5.69 Å². The third kappa shape index (κ3) is 5.25. The van der Waals surface area contributed by atoms with Gasteiger partial charge >= 0.3 is 0 Å². The molecule has 1 amide bonds. The number of nitrogens with one attached hydrogen (secondary N) is 1. The average molecular weight is 398 g/mol. The van der Waals surface area contributed by atoms with E-state index < -0.39 is 0 Å². The van der Waals surface area contributed by atoms with Crippen LogP contribution in [0.2, 0.25) is 0 Å². The fourth-order valence-electron chi connectivity index (χ4n) is 1.13. The van der Waals surface area contributed by atoms with Gasteiger partial charge in [0.1, 0.15) is 5.75 Å². The molecule has 0 saturated heterocycles. The Morgan fingerprint density at radius 3 is 2.89 bits per heavy atom. The van der Waals surface area contributed by atoms with Gasteiger partial charge in [0.25, 0.3) is 5.91 Å². The first-order valence-corrected chi connectivity index (χ1v) is 6.65. The maximum Gasteiger partial charge on any atom is 0.255 e. The zero-order valence-corrected chi connectivity index (χ0v) is 13.1. The largest absolute Gasteiger partial charge is 0.507 e. The Kier molecular flexibility index (Phi) is 8.81. The molecule has 0 radical (unpaired) electrons. The van der Waals surface area contributed by atoms with Crippen LogP contribution in [-0.4, -0.2) is 23.3 Å². The van der Waals surface area contributed by atoms with Gasteiger partial charge in [-0.05, 0) is 17.7 Å². The van der Waals surface area contributed by atoms with Gasteiger partial charge in [-0.3, -0.25) is 4.79 Å². The van der Waals surface area contributed by atoms with Crippen LogP contribution in [0.3, 0.4) is 0 Å². The summed E-state index contributed by atoms with van der Waals surface area (Å²) in [7, 11) is 1.31. The molecular weight excluding hydrogens is 387 g/mol. The summed E-state index contributed by atoms with van der Waals surface area (Å²) < 4.78 is 0. The van der Waals surface area contributed by atoms with Crippen molar-refractivity contribution in [3.8, 4) is 5.75 Å². The van der Waals surface area contributed by atoms with Crippen molar-refractivity contribution in [3.63, 3.8) is 0 Å². The predicted molar refractivity (Wildman–Crippen MR) is 86.1 cm³/mol. The molecule has 0 atom stereocenters. The molecule has 0 bridgehead atoms. The highest BCUT2D eigenvalue weighted by Gasteiger charge is 2.10. The van der Waals surface area contributed by atoms with Crippen LogP contribution in [-0.2, 0) is 0 Å². The van der Waals surface area contributed by atoms with E-state index in [9.17, 15) is 9.90 Å². The van der Waals surface area contributed by atoms with E-state index in [0.29, 0.717) is 12.3 Å². The summed E-state index contributed by atoms with van der Waals surface area (Å²) in [5.74, 6) is 0.0789. The minimum atomic E-state index is -0.377. The van der Waals surface area contributed by atoms with Crippen molar-refractivity contribution < 1.29 is 9.90 Å². The summed E-state index contributed by atoms with van der Waals surface area (Å²) >= 11 is 3.94. The van der Waals surface area contributed by atoms with Crippen molar-refractivity contribution in [1.82, 2.24) is 5.32 Å². The highest BCUT2D eigenvalue weighted by molar-refractivity contribution is 14.0. The SMILES string of the molecule is I.[N-]=[N+]=Nc1ccc(C(=O)NCCSS)c(O)c1. The Bertz CT molecular complexity index is 466. The van der Waals surface area contributed by atoms with E-state index in [1.165, 1.54) is 29.0 Å². The van der Waals surface area contributed by atoms with Gasteiger partial charge in [-0.15, -0.1) is 35.6 Å². The van der Waals surface area contributed by atoms with Crippen molar-refractivity contribution >= 4 is 58.0 Å². The molecule has 0 spiro atoms. The number of aromatic hydroxyl groups is 1. The molecule has 0 aliphatic rings. The van der Waals surface area contributed by atoms with Crippen molar-refractivity contribution in [1.29, 1.82) is 0 Å². The van der Waals surface area contributed by atoms with E-state index >= 15 is 0 Å². The number of hydrogen-bond donors (Lipinski definition) is 3. The molecular formula is C9H11IN4O2S2. The second-order valence-corrected chi connectivity index (χ2v) is 4.42. The molecule has 0 aliphatic carbocycles. The Labute approximate surface area is 130 Å². The number of carbonyl (C=O) groups is 1. The van der Waals surface area contributed by atoms with Crippen LogP contribution in [0.1, 0.15) is 10.4 Å². The molecule has 2 N–H and O–H groups in total. The quantitative estimate of drug-likeness (QED) is 0.135. The first-order valence-electron chi connectivity index (χ1n) is 4.61. The summed E-state index contributed by atoms with van der Waals surface area (Å²) in [6.07, 6.45) is 0. The molecule has 1 aromatic rings. The van der Waals surface area contributed by atoms with Gasteiger partial charge < -0.3 is 10.4 Å². The van der Waals surface area contributed by atoms with Crippen molar-refractivity contribution in [2.45, 2.75) is 0 Å². The maximum atomic E-state index is 11.6. The van der Waals surface area contributed by atoms with E-state index in [1.807, 2.05) is 0 Å². The lowest BCUT2D eigenvalue weighted by atomic mass is 10.1. The van der Waals surface area contributed by atoms with Gasteiger partial charge in [0.05, 0.1) is 5.56 Å². The van der Waals surface area contributed by atoms with E-state index in [4.69, 9.17) is 5.53 Å². The van der Waals surface area contributed by atoms with Gasteiger partial charge in [0.15, 0.2) is 0 Å². The summed E-state index contributed by atoms with van der Waals surface area (Å²) in [4.78, 5) is 14.2. The van der Waals surface area contributed by atoms with Crippen LogP contribution < -0.4 is 5.32 Å². The van der Waals surface area contributed by atoms with Crippen molar-refractivity contribution in [2.24, 2.45) is 5.11 Å². The summed E-state index contributed by atoms with van der Waals surface area (Å²) in [5.41, 5.74) is 8.62. The molecule has 0 aliphatic heterocycles. The topological polar surface area (TPSA) is 98.1 Å². The number of nitrogens with zero attached hydrogens (tertiary/aromatic N) is 3. The van der Waals surface area contributed by atoms with E-state index in [2.05, 4.69) is 27.0 Å². The standard InChI is InChI=1S/C9H10N4O2S2.HI/c10-13-12-6-1-2-7(8(14)5-6)9(15)11-3-4-17-16;/h1-2,5,14,16H,3-4H2,(H,11,15);1H. The van der Waals surface area contributed by atoms with Gasteiger partial charge in [-0.1, -0.05) is 22.0 Å². The summed E-state index contributed by atoms with van der Waals surface area (Å²) in [5, 5.41) is 15.5. The number of phenols is 1. The Balaban J connectivity index is 0.00000289. The Hall–Kier alpha value is -0.770. The Morgan fingerprint density at radius 2 is 2.33 bits per heavy atom. The number of azide groups is 1. The summed E-state index contributed by atoms with van der Waals surface area (Å²) in [6.45, 7) is 0.463. The average Bonchev–Trinajstić information content (AvgIpc) is 2.29. The normalized spacial score (nSPS) is 8.94. The zero-order chi connectivity index (χ0) is 12.7. The molecule has 18 heavy (non-hydrogen) atoms. The van der Waals surface area contributed by atoms with Crippen LogP contribution in [0.25, 0.3) is 10.4 Å². The molecule has 98 valence electrons. The van der Waals surface area contributed by atoms with Crippen LogP contribution in [0, 0.1) is 0 Å².